The van der Waals surface area contributed by atoms with Gasteiger partial charge in [0, 0.05) is 12.5 Å². The number of nitrogens with zero attached hydrogens (tertiary/aromatic N) is 2. The molecule has 0 bridgehead atoms. The molecule has 1 saturated carbocycles. The molecule has 1 amide bonds. The molecular formula is C16H18FN3O2. The van der Waals surface area contributed by atoms with Gasteiger partial charge < -0.3 is 14.6 Å². The van der Waals surface area contributed by atoms with Crippen molar-refractivity contribution in [1.29, 1.82) is 0 Å². The summed E-state index contributed by atoms with van der Waals surface area (Å²) < 4.78 is 19.7. The Labute approximate surface area is 127 Å². The van der Waals surface area contributed by atoms with Gasteiger partial charge in [0.2, 0.25) is 5.91 Å². The van der Waals surface area contributed by atoms with Crippen LogP contribution in [-0.2, 0) is 16.1 Å². The number of fused-ring (bicyclic) bond motifs is 1. The van der Waals surface area contributed by atoms with E-state index in [2.05, 4.69) is 9.97 Å². The van der Waals surface area contributed by atoms with Crippen LogP contribution in [0.2, 0.25) is 0 Å². The number of alkyl halides is 1. The third-order valence-corrected chi connectivity index (χ3v) is 4.31. The number of aromatic amines is 1. The second kappa shape index (κ2) is 5.35. The first kappa shape index (κ1) is 13.7. The van der Waals surface area contributed by atoms with Gasteiger partial charge in [0.15, 0.2) is 0 Å². The molecule has 0 spiro atoms. The van der Waals surface area contributed by atoms with Crippen molar-refractivity contribution in [2.75, 3.05) is 13.1 Å². The van der Waals surface area contributed by atoms with E-state index in [-0.39, 0.29) is 25.0 Å². The molecule has 22 heavy (non-hydrogen) atoms. The number of imidazole rings is 1. The van der Waals surface area contributed by atoms with Crippen LogP contribution in [0.5, 0.6) is 0 Å². The third kappa shape index (κ3) is 2.59. The molecule has 1 N–H and O–H groups in total. The zero-order chi connectivity index (χ0) is 15.1. The number of nitrogens with one attached hydrogen (secondary N) is 1. The smallest absolute Gasteiger partial charge is 0.225 e. The number of hydrogen-bond acceptors (Lipinski definition) is 3. The number of carbonyl (C=O) groups is 1. The van der Waals surface area contributed by atoms with Gasteiger partial charge in [0.05, 0.1) is 17.6 Å². The van der Waals surface area contributed by atoms with Gasteiger partial charge in [0.1, 0.15) is 24.7 Å². The predicted octanol–water partition coefficient (Wildman–Crippen LogP) is 2.04. The number of benzene rings is 1. The molecule has 116 valence electrons. The molecular weight excluding hydrogens is 285 g/mol. The fourth-order valence-electron chi connectivity index (χ4n) is 2.92. The summed E-state index contributed by atoms with van der Waals surface area (Å²) in [5, 5.41) is 0. The lowest BCUT2D eigenvalue weighted by Crippen LogP contribution is -2.31. The van der Waals surface area contributed by atoms with Crippen LogP contribution in [0.4, 0.5) is 4.39 Å². The summed E-state index contributed by atoms with van der Waals surface area (Å²) in [4.78, 5) is 21.1. The molecule has 2 aliphatic rings. The summed E-state index contributed by atoms with van der Waals surface area (Å²) >= 11 is 0. The number of likely N-dealkylation sites (tertiary alicyclic amines) is 1. The van der Waals surface area contributed by atoms with E-state index in [1.54, 1.807) is 4.90 Å². The topological polar surface area (TPSA) is 58.2 Å². The van der Waals surface area contributed by atoms with E-state index < -0.39 is 12.3 Å². The maximum atomic E-state index is 14.0. The Morgan fingerprint density at radius 2 is 2.18 bits per heavy atom. The number of hydrogen-bond donors (Lipinski definition) is 1. The highest BCUT2D eigenvalue weighted by molar-refractivity contribution is 5.81. The number of carbonyl (C=O) groups excluding carboxylic acids is 1. The van der Waals surface area contributed by atoms with Gasteiger partial charge in [-0.15, -0.1) is 0 Å². The number of rotatable bonds is 4. The number of halogens is 1. The molecule has 5 nitrogen and oxygen atoms in total. The van der Waals surface area contributed by atoms with Crippen molar-refractivity contribution in [2.45, 2.75) is 31.7 Å². The highest BCUT2D eigenvalue weighted by Gasteiger charge is 2.41. The summed E-state index contributed by atoms with van der Waals surface area (Å²) in [6, 6.07) is 7.71. The van der Waals surface area contributed by atoms with E-state index in [4.69, 9.17) is 4.74 Å². The summed E-state index contributed by atoms with van der Waals surface area (Å²) in [6.45, 7) is 0.724. The highest BCUT2D eigenvalue weighted by atomic mass is 19.1. The van der Waals surface area contributed by atoms with Gasteiger partial charge in [-0.05, 0) is 25.0 Å². The standard InChI is InChI=1S/C16H18FN3O2/c17-11-7-20(16(21)10-5-6-10)8-14(11)22-9-15-18-12-3-1-2-4-13(12)19-15/h1-4,10-11,14H,5-9H2,(H,18,19)/t11-,14+/m1/s1. The predicted molar refractivity (Wildman–Crippen MR) is 78.9 cm³/mol. The van der Waals surface area contributed by atoms with Crippen molar-refractivity contribution >= 4 is 16.9 Å². The van der Waals surface area contributed by atoms with Crippen molar-refractivity contribution in [2.24, 2.45) is 5.92 Å². The fraction of sp³-hybridized carbons (Fsp3) is 0.500. The largest absolute Gasteiger partial charge is 0.365 e. The molecule has 1 aromatic heterocycles. The van der Waals surface area contributed by atoms with E-state index in [1.807, 2.05) is 24.3 Å². The Bertz CT molecular complexity index is 665. The monoisotopic (exact) mass is 303 g/mol. The average molecular weight is 303 g/mol. The van der Waals surface area contributed by atoms with Gasteiger partial charge in [-0.25, -0.2) is 9.37 Å². The first-order valence-electron chi connectivity index (χ1n) is 7.69. The number of H-pyrrole nitrogens is 1. The van der Waals surface area contributed by atoms with Crippen molar-refractivity contribution in [1.82, 2.24) is 14.9 Å². The van der Waals surface area contributed by atoms with Gasteiger partial charge in [-0.2, -0.15) is 0 Å². The molecule has 1 aliphatic carbocycles. The molecule has 2 aromatic rings. The molecule has 2 heterocycles. The average Bonchev–Trinajstić information content (AvgIpc) is 3.18. The number of ether oxygens (including phenoxy) is 1. The first-order valence-corrected chi connectivity index (χ1v) is 7.69. The van der Waals surface area contributed by atoms with Crippen molar-refractivity contribution < 1.29 is 13.9 Å². The molecule has 1 aromatic carbocycles. The van der Waals surface area contributed by atoms with Crippen LogP contribution in [0, 0.1) is 5.92 Å². The van der Waals surface area contributed by atoms with Crippen LogP contribution >= 0.6 is 0 Å². The van der Waals surface area contributed by atoms with E-state index >= 15 is 0 Å². The van der Waals surface area contributed by atoms with Crippen LogP contribution < -0.4 is 0 Å². The van der Waals surface area contributed by atoms with Crippen LogP contribution in [0.15, 0.2) is 24.3 Å². The van der Waals surface area contributed by atoms with Crippen molar-refractivity contribution in [3.8, 4) is 0 Å². The summed E-state index contributed by atoms with van der Waals surface area (Å²) in [5.74, 6) is 0.888. The Morgan fingerprint density at radius 3 is 2.95 bits per heavy atom. The summed E-state index contributed by atoms with van der Waals surface area (Å²) in [6.07, 6.45) is 0.205. The SMILES string of the molecule is O=C(C1CC1)N1C[C@@H](F)[C@@H](OCc2nc3ccccc3[nH]2)C1. The molecule has 6 heteroatoms. The van der Waals surface area contributed by atoms with E-state index in [0.717, 1.165) is 23.9 Å². The first-order chi connectivity index (χ1) is 10.7. The minimum Gasteiger partial charge on any atom is -0.365 e. The molecule has 1 saturated heterocycles. The second-order valence-electron chi connectivity index (χ2n) is 6.08. The minimum absolute atomic E-state index is 0.0810. The van der Waals surface area contributed by atoms with Crippen LogP contribution in [-0.4, -0.2) is 46.1 Å². The maximum absolute atomic E-state index is 14.0. The summed E-state index contributed by atoms with van der Waals surface area (Å²) in [5.41, 5.74) is 1.81. The van der Waals surface area contributed by atoms with Gasteiger partial charge >= 0.3 is 0 Å². The fourth-order valence-corrected chi connectivity index (χ4v) is 2.92. The van der Waals surface area contributed by atoms with Gasteiger partial charge in [0.25, 0.3) is 0 Å². The lowest BCUT2D eigenvalue weighted by Gasteiger charge is -2.15. The van der Waals surface area contributed by atoms with E-state index in [9.17, 15) is 9.18 Å². The van der Waals surface area contributed by atoms with Gasteiger partial charge in [-0.3, -0.25) is 4.79 Å². The molecule has 0 radical (unpaired) electrons. The molecule has 2 fully saturated rings. The highest BCUT2D eigenvalue weighted by Crippen LogP contribution is 2.33. The molecule has 2 atom stereocenters. The molecule has 0 unspecified atom stereocenters. The van der Waals surface area contributed by atoms with E-state index in [0.29, 0.717) is 12.4 Å². The zero-order valence-electron chi connectivity index (χ0n) is 12.2. The second-order valence-corrected chi connectivity index (χ2v) is 6.08. The van der Waals surface area contributed by atoms with Gasteiger partial charge in [-0.1, -0.05) is 12.1 Å². The Morgan fingerprint density at radius 1 is 1.36 bits per heavy atom. The number of para-hydroxylation sites is 2. The number of amides is 1. The lowest BCUT2D eigenvalue weighted by molar-refractivity contribution is -0.132. The summed E-state index contributed by atoms with van der Waals surface area (Å²) in [7, 11) is 0. The van der Waals surface area contributed by atoms with Crippen molar-refractivity contribution in [3.05, 3.63) is 30.1 Å². The third-order valence-electron chi connectivity index (χ3n) is 4.31. The minimum atomic E-state index is -1.12. The normalized spacial score (nSPS) is 25.0. The zero-order valence-corrected chi connectivity index (χ0v) is 12.2. The maximum Gasteiger partial charge on any atom is 0.225 e. The van der Waals surface area contributed by atoms with Crippen LogP contribution in [0.1, 0.15) is 18.7 Å². The van der Waals surface area contributed by atoms with Crippen LogP contribution in [0.3, 0.4) is 0 Å². The van der Waals surface area contributed by atoms with E-state index in [1.165, 1.54) is 0 Å². The quantitative estimate of drug-likeness (QED) is 0.940. The Hall–Kier alpha value is -1.95. The Balaban J connectivity index is 1.37. The lowest BCUT2D eigenvalue weighted by atomic mass is 10.3. The van der Waals surface area contributed by atoms with Crippen molar-refractivity contribution in [3.63, 3.8) is 0 Å². The van der Waals surface area contributed by atoms with Crippen LogP contribution in [0.25, 0.3) is 11.0 Å². The Kier molecular flexibility index (Phi) is 3.33. The molecule has 1 aliphatic heterocycles. The molecule has 4 rings (SSSR count). The number of aromatic nitrogens is 2.